The van der Waals surface area contributed by atoms with Crippen LogP contribution in [0.3, 0.4) is 0 Å². The van der Waals surface area contributed by atoms with Crippen LogP contribution < -0.4 is 0 Å². The van der Waals surface area contributed by atoms with Crippen molar-refractivity contribution in [3.05, 3.63) is 33.8 Å². The maximum Gasteiger partial charge on any atom is 0.144 e. The fourth-order valence-electron chi connectivity index (χ4n) is 1.22. The molecular weight excluding hydrogens is 235 g/mol. The van der Waals surface area contributed by atoms with E-state index in [1.165, 1.54) is 6.92 Å². The first-order chi connectivity index (χ1) is 6.99. The quantitative estimate of drug-likeness (QED) is 0.764. The average Bonchev–Trinajstić information content (AvgIpc) is 2.10. The average molecular weight is 245 g/mol. The molecule has 80 valence electrons. The largest absolute Gasteiger partial charge is 0.300 e. The Morgan fingerprint density at radius 2 is 1.87 bits per heavy atom. The highest BCUT2D eigenvalue weighted by Crippen LogP contribution is 2.22. The first-order valence-electron chi connectivity index (χ1n) is 4.44. The third kappa shape index (κ3) is 4.02. The Bertz CT molecular complexity index is 400. The van der Waals surface area contributed by atoms with Crippen molar-refractivity contribution in [2.75, 3.05) is 0 Å². The summed E-state index contributed by atoms with van der Waals surface area (Å²) in [5.41, 5.74) is 0.774. The molecule has 0 N–H and O–H groups in total. The van der Waals surface area contributed by atoms with Crippen LogP contribution in [0.25, 0.3) is 0 Å². The molecule has 0 aromatic heterocycles. The van der Waals surface area contributed by atoms with Gasteiger partial charge < -0.3 is 0 Å². The third-order valence-electron chi connectivity index (χ3n) is 1.83. The molecule has 1 rings (SSSR count). The molecule has 0 aliphatic rings. The lowest BCUT2D eigenvalue weighted by Crippen LogP contribution is -2.07. The van der Waals surface area contributed by atoms with Crippen LogP contribution in [0.15, 0.2) is 18.2 Å². The Kier molecular flexibility index (Phi) is 4.30. The van der Waals surface area contributed by atoms with E-state index in [4.69, 9.17) is 23.2 Å². The Hall–Kier alpha value is -0.860. The Labute approximate surface area is 98.2 Å². The van der Waals surface area contributed by atoms with E-state index in [-0.39, 0.29) is 24.4 Å². The van der Waals surface area contributed by atoms with Gasteiger partial charge in [-0.2, -0.15) is 0 Å². The summed E-state index contributed by atoms with van der Waals surface area (Å²) in [7, 11) is 0. The summed E-state index contributed by atoms with van der Waals surface area (Å²) in [5.74, 6) is -0.235. The van der Waals surface area contributed by atoms with Crippen LogP contribution in [0.4, 0.5) is 0 Å². The molecular formula is C11H10Cl2O2. The molecule has 0 aliphatic carbocycles. The van der Waals surface area contributed by atoms with E-state index in [1.807, 2.05) is 0 Å². The summed E-state index contributed by atoms with van der Waals surface area (Å²) in [6, 6.07) is 5.01. The Balaban J connectivity index is 2.69. The highest BCUT2D eigenvalue weighted by atomic mass is 35.5. The molecule has 0 bridgehead atoms. The normalized spacial score (nSPS) is 10.1. The molecule has 0 saturated heterocycles. The fourth-order valence-corrected chi connectivity index (χ4v) is 1.54. The van der Waals surface area contributed by atoms with Gasteiger partial charge in [-0.25, -0.2) is 0 Å². The fraction of sp³-hybridized carbons (Fsp3) is 0.273. The van der Waals surface area contributed by atoms with Crippen LogP contribution in [0.5, 0.6) is 0 Å². The molecule has 0 amide bonds. The standard InChI is InChI=1S/C11H10Cl2O2/c1-7(14)4-9(15)5-8-2-3-10(12)11(13)6-8/h2-3,6H,4-5H2,1H3. The van der Waals surface area contributed by atoms with Crippen LogP contribution in [-0.2, 0) is 16.0 Å². The van der Waals surface area contributed by atoms with E-state index in [0.717, 1.165) is 5.56 Å². The summed E-state index contributed by atoms with van der Waals surface area (Å²) in [5, 5.41) is 0.879. The lowest BCUT2D eigenvalue weighted by Gasteiger charge is -2.01. The lowest BCUT2D eigenvalue weighted by molar-refractivity contribution is -0.125. The van der Waals surface area contributed by atoms with E-state index in [2.05, 4.69) is 0 Å². The summed E-state index contributed by atoms with van der Waals surface area (Å²) >= 11 is 11.5. The molecule has 1 aromatic carbocycles. The number of hydrogen-bond donors (Lipinski definition) is 0. The predicted octanol–water partition coefficient (Wildman–Crippen LogP) is 3.08. The topological polar surface area (TPSA) is 34.1 Å². The molecule has 4 heteroatoms. The highest BCUT2D eigenvalue weighted by molar-refractivity contribution is 6.42. The van der Waals surface area contributed by atoms with Gasteiger partial charge in [0.25, 0.3) is 0 Å². The molecule has 0 atom stereocenters. The monoisotopic (exact) mass is 244 g/mol. The Morgan fingerprint density at radius 3 is 2.40 bits per heavy atom. The van der Waals surface area contributed by atoms with Crippen molar-refractivity contribution in [2.45, 2.75) is 19.8 Å². The van der Waals surface area contributed by atoms with Crippen molar-refractivity contribution < 1.29 is 9.59 Å². The molecule has 15 heavy (non-hydrogen) atoms. The minimum absolute atomic E-state index is 0.0275. The van der Waals surface area contributed by atoms with Crippen molar-refractivity contribution >= 4 is 34.8 Å². The number of ketones is 2. The number of carbonyl (C=O) groups excluding carboxylic acids is 2. The number of hydrogen-bond acceptors (Lipinski definition) is 2. The van der Waals surface area contributed by atoms with E-state index >= 15 is 0 Å². The molecule has 2 nitrogen and oxygen atoms in total. The third-order valence-corrected chi connectivity index (χ3v) is 2.57. The summed E-state index contributed by atoms with van der Waals surface area (Å²) in [6.45, 7) is 1.40. The zero-order valence-corrected chi connectivity index (χ0v) is 9.73. The van der Waals surface area contributed by atoms with E-state index in [0.29, 0.717) is 10.0 Å². The van der Waals surface area contributed by atoms with Crippen LogP contribution >= 0.6 is 23.2 Å². The van der Waals surface area contributed by atoms with Crippen molar-refractivity contribution in [3.8, 4) is 0 Å². The van der Waals surface area contributed by atoms with Gasteiger partial charge in [0, 0.05) is 6.42 Å². The van der Waals surface area contributed by atoms with Crippen LogP contribution in [-0.4, -0.2) is 11.6 Å². The zero-order valence-electron chi connectivity index (χ0n) is 8.22. The molecule has 0 aliphatic heterocycles. The molecule has 0 unspecified atom stereocenters. The van der Waals surface area contributed by atoms with Gasteiger partial charge in [-0.1, -0.05) is 29.3 Å². The van der Waals surface area contributed by atoms with Gasteiger partial charge in [0.05, 0.1) is 16.5 Å². The molecule has 0 radical (unpaired) electrons. The summed E-state index contributed by atoms with van der Waals surface area (Å²) in [4.78, 5) is 22.0. The van der Waals surface area contributed by atoms with Gasteiger partial charge in [-0.3, -0.25) is 9.59 Å². The summed E-state index contributed by atoms with van der Waals surface area (Å²) in [6.07, 6.45) is 0.191. The van der Waals surface area contributed by atoms with Gasteiger partial charge in [0.15, 0.2) is 0 Å². The van der Waals surface area contributed by atoms with Gasteiger partial charge in [0.2, 0.25) is 0 Å². The van der Waals surface area contributed by atoms with E-state index in [9.17, 15) is 9.59 Å². The smallest absolute Gasteiger partial charge is 0.144 e. The van der Waals surface area contributed by atoms with Crippen LogP contribution in [0.2, 0.25) is 10.0 Å². The van der Waals surface area contributed by atoms with Crippen LogP contribution in [0, 0.1) is 0 Å². The van der Waals surface area contributed by atoms with Crippen molar-refractivity contribution in [1.82, 2.24) is 0 Å². The number of halogens is 2. The van der Waals surface area contributed by atoms with Crippen molar-refractivity contribution in [1.29, 1.82) is 0 Å². The van der Waals surface area contributed by atoms with Crippen molar-refractivity contribution in [3.63, 3.8) is 0 Å². The molecule has 0 saturated carbocycles. The second kappa shape index (κ2) is 5.29. The first-order valence-corrected chi connectivity index (χ1v) is 5.19. The minimum Gasteiger partial charge on any atom is -0.300 e. The number of carbonyl (C=O) groups is 2. The first kappa shape index (κ1) is 12.2. The SMILES string of the molecule is CC(=O)CC(=O)Cc1ccc(Cl)c(Cl)c1. The zero-order chi connectivity index (χ0) is 11.4. The number of Topliss-reactive ketones (excluding diaryl/α,β-unsaturated/α-hetero) is 2. The van der Waals surface area contributed by atoms with Gasteiger partial charge in [-0.15, -0.1) is 0 Å². The molecule has 0 fully saturated rings. The van der Waals surface area contributed by atoms with E-state index < -0.39 is 0 Å². The second-order valence-electron chi connectivity index (χ2n) is 3.34. The molecule has 1 aromatic rings. The molecule has 0 heterocycles. The molecule has 0 spiro atoms. The minimum atomic E-state index is -0.125. The van der Waals surface area contributed by atoms with Gasteiger partial charge in [-0.05, 0) is 24.6 Å². The van der Waals surface area contributed by atoms with E-state index in [1.54, 1.807) is 18.2 Å². The summed E-state index contributed by atoms with van der Waals surface area (Å²) < 4.78 is 0. The number of rotatable bonds is 4. The Morgan fingerprint density at radius 1 is 1.20 bits per heavy atom. The lowest BCUT2D eigenvalue weighted by atomic mass is 10.1. The van der Waals surface area contributed by atoms with Gasteiger partial charge in [0.1, 0.15) is 11.6 Å². The predicted molar refractivity (Wildman–Crippen MR) is 60.5 cm³/mol. The van der Waals surface area contributed by atoms with Crippen molar-refractivity contribution in [2.24, 2.45) is 0 Å². The highest BCUT2D eigenvalue weighted by Gasteiger charge is 2.07. The second-order valence-corrected chi connectivity index (χ2v) is 4.16. The number of benzene rings is 1. The van der Waals surface area contributed by atoms with Crippen LogP contribution in [0.1, 0.15) is 18.9 Å². The maximum atomic E-state index is 11.3. The maximum absolute atomic E-state index is 11.3. The van der Waals surface area contributed by atoms with Gasteiger partial charge >= 0.3 is 0 Å².